The molecule has 1 aliphatic heterocycles. The van der Waals surface area contributed by atoms with E-state index >= 15 is 0 Å². The van der Waals surface area contributed by atoms with E-state index in [1.54, 1.807) is 30.6 Å². The second kappa shape index (κ2) is 7.16. The van der Waals surface area contributed by atoms with Crippen LogP contribution in [-0.4, -0.2) is 41.0 Å². The van der Waals surface area contributed by atoms with Crippen molar-refractivity contribution in [3.8, 4) is 6.07 Å². The van der Waals surface area contributed by atoms with Crippen LogP contribution in [0.5, 0.6) is 0 Å². The van der Waals surface area contributed by atoms with Crippen LogP contribution in [-0.2, 0) is 6.54 Å². The molecule has 1 aliphatic rings. The zero-order valence-corrected chi connectivity index (χ0v) is 12.8. The lowest BCUT2D eigenvalue weighted by atomic mass is 10.2. The second-order valence-electron chi connectivity index (χ2n) is 5.59. The van der Waals surface area contributed by atoms with Gasteiger partial charge in [-0.1, -0.05) is 6.07 Å². The van der Waals surface area contributed by atoms with Crippen molar-refractivity contribution in [2.45, 2.75) is 13.0 Å². The molecule has 23 heavy (non-hydrogen) atoms. The second-order valence-corrected chi connectivity index (χ2v) is 5.59. The Morgan fingerprint density at radius 2 is 2.04 bits per heavy atom. The van der Waals surface area contributed by atoms with E-state index in [1.165, 1.54) is 6.07 Å². The number of rotatable bonds is 3. The van der Waals surface area contributed by atoms with Gasteiger partial charge in [-0.3, -0.25) is 4.90 Å². The van der Waals surface area contributed by atoms with Gasteiger partial charge < -0.3 is 4.90 Å². The molecule has 0 amide bonds. The molecule has 6 heteroatoms. The number of nitrogens with zero attached hydrogens (tertiary/aromatic N) is 5. The summed E-state index contributed by atoms with van der Waals surface area (Å²) in [6, 6.07) is 8.96. The molecular weight excluding hydrogens is 293 g/mol. The Balaban J connectivity index is 1.65. The van der Waals surface area contributed by atoms with Gasteiger partial charge in [-0.05, 0) is 30.2 Å². The molecule has 0 aromatic carbocycles. The summed E-state index contributed by atoms with van der Waals surface area (Å²) < 4.78 is 12.9. The average Bonchev–Trinajstić information content (AvgIpc) is 2.82. The fourth-order valence-corrected chi connectivity index (χ4v) is 2.84. The van der Waals surface area contributed by atoms with E-state index in [0.29, 0.717) is 5.56 Å². The molecule has 0 spiro atoms. The molecule has 0 saturated carbocycles. The van der Waals surface area contributed by atoms with Crippen molar-refractivity contribution in [1.29, 1.82) is 5.26 Å². The van der Waals surface area contributed by atoms with Crippen molar-refractivity contribution in [3.05, 3.63) is 53.7 Å². The fraction of sp³-hybridized carbons (Fsp3) is 0.353. The van der Waals surface area contributed by atoms with E-state index in [9.17, 15) is 9.65 Å². The molecule has 0 bridgehead atoms. The van der Waals surface area contributed by atoms with Gasteiger partial charge in [0.1, 0.15) is 11.9 Å². The molecule has 3 rings (SSSR count). The highest BCUT2D eigenvalue weighted by Crippen LogP contribution is 2.18. The van der Waals surface area contributed by atoms with Gasteiger partial charge in [-0.15, -0.1) is 0 Å². The van der Waals surface area contributed by atoms with Crippen LogP contribution in [0.3, 0.4) is 0 Å². The van der Waals surface area contributed by atoms with E-state index in [2.05, 4.69) is 25.8 Å². The third-order valence-electron chi connectivity index (χ3n) is 3.99. The highest BCUT2D eigenvalue weighted by atomic mass is 19.1. The molecule has 1 saturated heterocycles. The lowest BCUT2D eigenvalue weighted by molar-refractivity contribution is 0.285. The Morgan fingerprint density at radius 3 is 2.83 bits per heavy atom. The van der Waals surface area contributed by atoms with Crippen molar-refractivity contribution in [2.24, 2.45) is 0 Å². The van der Waals surface area contributed by atoms with Gasteiger partial charge >= 0.3 is 0 Å². The maximum absolute atomic E-state index is 12.9. The summed E-state index contributed by atoms with van der Waals surface area (Å²) in [4.78, 5) is 12.6. The minimum atomic E-state index is -0.449. The summed E-state index contributed by atoms with van der Waals surface area (Å²) in [6.07, 6.45) is 4.31. The predicted molar refractivity (Wildman–Crippen MR) is 85.3 cm³/mol. The van der Waals surface area contributed by atoms with Crippen molar-refractivity contribution in [1.82, 2.24) is 14.9 Å². The van der Waals surface area contributed by atoms with Gasteiger partial charge in [0.15, 0.2) is 0 Å². The third kappa shape index (κ3) is 3.82. The van der Waals surface area contributed by atoms with Crippen LogP contribution in [0.1, 0.15) is 17.5 Å². The topological polar surface area (TPSA) is 56.1 Å². The van der Waals surface area contributed by atoms with Crippen molar-refractivity contribution in [2.75, 3.05) is 31.1 Å². The zero-order valence-electron chi connectivity index (χ0n) is 12.8. The number of hydrogen-bond acceptors (Lipinski definition) is 5. The maximum atomic E-state index is 12.9. The summed E-state index contributed by atoms with van der Waals surface area (Å²) >= 11 is 0. The Bertz CT molecular complexity index is 695. The quantitative estimate of drug-likeness (QED) is 0.813. The van der Waals surface area contributed by atoms with Crippen molar-refractivity contribution in [3.63, 3.8) is 0 Å². The van der Waals surface area contributed by atoms with E-state index in [4.69, 9.17) is 0 Å². The Hall–Kier alpha value is -2.52. The van der Waals surface area contributed by atoms with E-state index in [1.807, 2.05) is 0 Å². The molecule has 0 atom stereocenters. The standard InChI is InChI=1S/C17H18FN5/c18-16-5-4-14(12-21-16)13-22-7-2-8-23(10-9-22)17-15(11-19)3-1-6-20-17/h1,3-6,12H,2,7-10,13H2. The highest BCUT2D eigenvalue weighted by Gasteiger charge is 2.18. The number of anilines is 1. The molecule has 2 aromatic heterocycles. The van der Waals surface area contributed by atoms with Gasteiger partial charge in [-0.2, -0.15) is 9.65 Å². The predicted octanol–water partition coefficient (Wildman–Crippen LogP) is 2.20. The molecule has 0 N–H and O–H groups in total. The molecule has 0 unspecified atom stereocenters. The third-order valence-corrected chi connectivity index (χ3v) is 3.99. The highest BCUT2D eigenvalue weighted by molar-refractivity contribution is 5.53. The smallest absolute Gasteiger partial charge is 0.212 e. The summed E-state index contributed by atoms with van der Waals surface area (Å²) in [6.45, 7) is 4.29. The van der Waals surface area contributed by atoms with E-state index in [-0.39, 0.29) is 0 Å². The number of hydrogen-bond donors (Lipinski definition) is 0. The Labute approximate surface area is 135 Å². The maximum Gasteiger partial charge on any atom is 0.212 e. The average molecular weight is 311 g/mol. The molecule has 1 fully saturated rings. The largest absolute Gasteiger partial charge is 0.354 e. The zero-order chi connectivity index (χ0) is 16.1. The normalized spacial score (nSPS) is 15.9. The monoisotopic (exact) mass is 311 g/mol. The number of aromatic nitrogens is 2. The summed E-state index contributed by atoms with van der Waals surface area (Å²) in [5, 5.41) is 9.22. The van der Waals surface area contributed by atoms with Crippen molar-refractivity contribution >= 4 is 5.82 Å². The SMILES string of the molecule is N#Cc1cccnc1N1CCCN(Cc2ccc(F)nc2)CC1. The molecule has 118 valence electrons. The number of halogens is 1. The van der Waals surface area contributed by atoms with Gasteiger partial charge in [0, 0.05) is 45.1 Å². The van der Waals surface area contributed by atoms with Crippen LogP contribution in [0.15, 0.2) is 36.7 Å². The first-order chi connectivity index (χ1) is 11.3. The van der Waals surface area contributed by atoms with Gasteiger partial charge in [0.25, 0.3) is 0 Å². The molecule has 0 radical (unpaired) electrons. The summed E-state index contributed by atoms with van der Waals surface area (Å²) in [7, 11) is 0. The minimum absolute atomic E-state index is 0.449. The fourth-order valence-electron chi connectivity index (χ4n) is 2.84. The van der Waals surface area contributed by atoms with Crippen LogP contribution in [0, 0.1) is 17.3 Å². The van der Waals surface area contributed by atoms with Crippen LogP contribution >= 0.6 is 0 Å². The molecular formula is C17H18FN5. The lowest BCUT2D eigenvalue weighted by Crippen LogP contribution is -2.31. The van der Waals surface area contributed by atoms with E-state index < -0.39 is 5.95 Å². The van der Waals surface area contributed by atoms with Crippen molar-refractivity contribution < 1.29 is 4.39 Å². The van der Waals surface area contributed by atoms with Crippen LogP contribution in [0.4, 0.5) is 10.2 Å². The van der Waals surface area contributed by atoms with Gasteiger partial charge in [-0.25, -0.2) is 9.97 Å². The summed E-state index contributed by atoms with van der Waals surface area (Å²) in [5.74, 6) is 0.315. The van der Waals surface area contributed by atoms with Crippen LogP contribution < -0.4 is 4.90 Å². The first-order valence-corrected chi connectivity index (χ1v) is 7.69. The Kier molecular flexibility index (Phi) is 4.79. The first kappa shape index (κ1) is 15.4. The van der Waals surface area contributed by atoms with Crippen LogP contribution in [0.25, 0.3) is 0 Å². The lowest BCUT2D eigenvalue weighted by Gasteiger charge is -2.23. The van der Waals surface area contributed by atoms with E-state index in [0.717, 1.165) is 50.5 Å². The number of pyridine rings is 2. The number of nitriles is 1. The van der Waals surface area contributed by atoms with Gasteiger partial charge in [0.2, 0.25) is 5.95 Å². The molecule has 2 aromatic rings. The molecule has 5 nitrogen and oxygen atoms in total. The minimum Gasteiger partial charge on any atom is -0.354 e. The molecule has 0 aliphatic carbocycles. The Morgan fingerprint density at radius 1 is 1.13 bits per heavy atom. The van der Waals surface area contributed by atoms with Crippen LogP contribution in [0.2, 0.25) is 0 Å². The molecule has 3 heterocycles. The first-order valence-electron chi connectivity index (χ1n) is 7.69. The van der Waals surface area contributed by atoms with Gasteiger partial charge in [0.05, 0.1) is 5.56 Å². The summed E-state index contributed by atoms with van der Waals surface area (Å²) in [5.41, 5.74) is 1.62.